The predicted octanol–water partition coefficient (Wildman–Crippen LogP) is 1.29. The van der Waals surface area contributed by atoms with E-state index in [0.29, 0.717) is 0 Å². The number of piperidine rings is 1. The zero-order chi connectivity index (χ0) is 10.8. The minimum absolute atomic E-state index is 0.0923. The van der Waals surface area contributed by atoms with Gasteiger partial charge in [-0.2, -0.15) is 0 Å². The third-order valence-corrected chi connectivity index (χ3v) is 5.82. The van der Waals surface area contributed by atoms with Gasteiger partial charge >= 0.3 is 0 Å². The van der Waals surface area contributed by atoms with Crippen LogP contribution >= 0.6 is 0 Å². The molecule has 1 heterocycles. The van der Waals surface area contributed by atoms with Crippen LogP contribution in [0.15, 0.2) is 0 Å². The molecule has 0 amide bonds. The van der Waals surface area contributed by atoms with E-state index in [4.69, 9.17) is 0 Å². The minimum Gasteiger partial charge on any atom is -0.304 e. The molecule has 4 heteroatoms. The van der Waals surface area contributed by atoms with Gasteiger partial charge in [0.05, 0.1) is 10.5 Å². The molecule has 84 valence electrons. The highest BCUT2D eigenvalue weighted by molar-refractivity contribution is 7.92. The van der Waals surface area contributed by atoms with Gasteiger partial charge < -0.3 is 4.90 Å². The van der Waals surface area contributed by atoms with Gasteiger partial charge in [0.2, 0.25) is 0 Å². The van der Waals surface area contributed by atoms with Gasteiger partial charge in [-0.05, 0) is 46.3 Å². The molecular weight excluding hydrogens is 198 g/mol. The number of likely N-dealkylation sites (tertiary alicyclic amines) is 1. The third-order valence-electron chi connectivity index (χ3n) is 3.10. The van der Waals surface area contributed by atoms with Crippen molar-refractivity contribution in [2.45, 2.75) is 44.1 Å². The van der Waals surface area contributed by atoms with Gasteiger partial charge in [0, 0.05) is 0 Å². The molecule has 0 aliphatic carbocycles. The largest absolute Gasteiger partial charge is 0.304 e. The van der Waals surface area contributed by atoms with Gasteiger partial charge in [0.15, 0.2) is 9.84 Å². The van der Waals surface area contributed by atoms with E-state index in [1.54, 1.807) is 13.8 Å². The van der Waals surface area contributed by atoms with E-state index >= 15 is 0 Å². The Morgan fingerprint density at radius 1 is 1.29 bits per heavy atom. The maximum absolute atomic E-state index is 11.9. The summed E-state index contributed by atoms with van der Waals surface area (Å²) in [6.45, 7) is 8.59. The molecule has 0 N–H and O–H groups in total. The summed E-state index contributed by atoms with van der Waals surface area (Å²) in [7, 11) is -2.86. The lowest BCUT2D eigenvalue weighted by molar-refractivity contribution is 0.241. The van der Waals surface area contributed by atoms with Crippen molar-refractivity contribution >= 4 is 9.84 Å². The fourth-order valence-electron chi connectivity index (χ4n) is 1.94. The Labute approximate surface area is 87.4 Å². The van der Waals surface area contributed by atoms with Gasteiger partial charge in [0.1, 0.15) is 0 Å². The van der Waals surface area contributed by atoms with E-state index < -0.39 is 9.84 Å². The van der Waals surface area contributed by atoms with E-state index in [9.17, 15) is 8.42 Å². The molecule has 0 saturated carbocycles. The van der Waals surface area contributed by atoms with Crippen molar-refractivity contribution < 1.29 is 8.42 Å². The Bertz CT molecular complexity index is 264. The van der Waals surface area contributed by atoms with E-state index in [1.165, 1.54) is 0 Å². The topological polar surface area (TPSA) is 37.4 Å². The van der Waals surface area contributed by atoms with Crippen LogP contribution in [0.25, 0.3) is 0 Å². The van der Waals surface area contributed by atoms with Gasteiger partial charge in [-0.3, -0.25) is 0 Å². The molecule has 1 rings (SSSR count). The first kappa shape index (κ1) is 12.0. The van der Waals surface area contributed by atoms with E-state index in [-0.39, 0.29) is 10.5 Å². The molecule has 0 atom stereocenters. The first-order valence-corrected chi connectivity index (χ1v) is 7.04. The van der Waals surface area contributed by atoms with Crippen molar-refractivity contribution in [3.63, 3.8) is 0 Å². The van der Waals surface area contributed by atoms with E-state index in [0.717, 1.165) is 32.5 Å². The third kappa shape index (κ3) is 2.48. The Kier molecular flexibility index (Phi) is 3.95. The molecule has 1 aliphatic heterocycles. The standard InChI is InChI=1S/C10H21NO2S/c1-4-11-7-5-10(6-8-11)14(12,13)9(2)3/h9-10H,4-8H2,1-3H3. The molecule has 3 nitrogen and oxygen atoms in total. The Morgan fingerprint density at radius 2 is 1.79 bits per heavy atom. The SMILES string of the molecule is CCN1CCC(S(=O)(=O)C(C)C)CC1. The van der Waals surface area contributed by atoms with Crippen LogP contribution in [0.2, 0.25) is 0 Å². The Balaban J connectivity index is 2.58. The molecular formula is C10H21NO2S. The van der Waals surface area contributed by atoms with Crippen LogP contribution in [0.5, 0.6) is 0 Å². The second kappa shape index (κ2) is 4.62. The summed E-state index contributed by atoms with van der Waals surface area (Å²) >= 11 is 0. The summed E-state index contributed by atoms with van der Waals surface area (Å²) in [5, 5.41) is -0.314. The molecule has 1 aliphatic rings. The molecule has 0 aromatic rings. The van der Waals surface area contributed by atoms with Crippen LogP contribution in [0.4, 0.5) is 0 Å². The lowest BCUT2D eigenvalue weighted by atomic mass is 10.1. The Hall–Kier alpha value is -0.0900. The number of hydrogen-bond donors (Lipinski definition) is 0. The number of hydrogen-bond acceptors (Lipinski definition) is 3. The van der Waals surface area contributed by atoms with E-state index in [1.807, 2.05) is 0 Å². The van der Waals surface area contributed by atoms with Gasteiger partial charge in [0.25, 0.3) is 0 Å². The fourth-order valence-corrected chi connectivity index (χ4v) is 3.58. The van der Waals surface area contributed by atoms with Crippen LogP contribution in [0.3, 0.4) is 0 Å². The van der Waals surface area contributed by atoms with E-state index in [2.05, 4.69) is 11.8 Å². The molecule has 0 spiro atoms. The normalized spacial score (nSPS) is 21.7. The zero-order valence-corrected chi connectivity index (χ0v) is 10.2. The molecule has 14 heavy (non-hydrogen) atoms. The Morgan fingerprint density at radius 3 is 2.14 bits per heavy atom. The number of nitrogens with zero attached hydrogens (tertiary/aromatic N) is 1. The summed E-state index contributed by atoms with van der Waals surface area (Å²) in [6.07, 6.45) is 1.63. The number of sulfone groups is 1. The monoisotopic (exact) mass is 219 g/mol. The first-order chi connectivity index (χ1) is 6.48. The summed E-state index contributed by atoms with van der Waals surface area (Å²) < 4.78 is 23.7. The quantitative estimate of drug-likeness (QED) is 0.718. The second-order valence-electron chi connectivity index (χ2n) is 4.27. The predicted molar refractivity (Wildman–Crippen MR) is 59.2 cm³/mol. The van der Waals surface area contributed by atoms with Crippen LogP contribution < -0.4 is 0 Å². The van der Waals surface area contributed by atoms with Crippen molar-refractivity contribution in [1.29, 1.82) is 0 Å². The average Bonchev–Trinajstić information content (AvgIpc) is 2.17. The van der Waals surface area contributed by atoms with Crippen molar-refractivity contribution in [2.24, 2.45) is 0 Å². The van der Waals surface area contributed by atoms with Crippen molar-refractivity contribution in [1.82, 2.24) is 4.90 Å². The summed E-state index contributed by atoms with van der Waals surface area (Å²) in [5.41, 5.74) is 0. The molecule has 1 saturated heterocycles. The van der Waals surface area contributed by atoms with Crippen LogP contribution in [-0.4, -0.2) is 43.5 Å². The molecule has 0 unspecified atom stereocenters. The van der Waals surface area contributed by atoms with Crippen LogP contribution in [-0.2, 0) is 9.84 Å². The van der Waals surface area contributed by atoms with Crippen LogP contribution in [0.1, 0.15) is 33.6 Å². The molecule has 0 aromatic carbocycles. The smallest absolute Gasteiger partial charge is 0.155 e. The summed E-state index contributed by atoms with van der Waals surface area (Å²) in [5.74, 6) is 0. The van der Waals surface area contributed by atoms with Gasteiger partial charge in [-0.15, -0.1) is 0 Å². The lowest BCUT2D eigenvalue weighted by Crippen LogP contribution is -2.41. The molecule has 0 aromatic heterocycles. The highest BCUT2D eigenvalue weighted by Crippen LogP contribution is 2.20. The molecule has 0 radical (unpaired) electrons. The minimum atomic E-state index is -2.86. The van der Waals surface area contributed by atoms with Gasteiger partial charge in [-0.25, -0.2) is 8.42 Å². The van der Waals surface area contributed by atoms with Gasteiger partial charge in [-0.1, -0.05) is 6.92 Å². The highest BCUT2D eigenvalue weighted by atomic mass is 32.2. The maximum atomic E-state index is 11.9. The fraction of sp³-hybridized carbons (Fsp3) is 1.00. The maximum Gasteiger partial charge on any atom is 0.155 e. The summed E-state index contributed by atoms with van der Waals surface area (Å²) in [4.78, 5) is 2.31. The van der Waals surface area contributed by atoms with Crippen LogP contribution in [0, 0.1) is 0 Å². The molecule has 0 bridgehead atoms. The van der Waals surface area contributed by atoms with Crippen molar-refractivity contribution in [2.75, 3.05) is 19.6 Å². The first-order valence-electron chi connectivity index (χ1n) is 5.43. The lowest BCUT2D eigenvalue weighted by Gasteiger charge is -2.31. The van der Waals surface area contributed by atoms with Crippen molar-refractivity contribution in [3.05, 3.63) is 0 Å². The zero-order valence-electron chi connectivity index (χ0n) is 9.36. The summed E-state index contributed by atoms with van der Waals surface area (Å²) in [6, 6.07) is 0. The van der Waals surface area contributed by atoms with Crippen molar-refractivity contribution in [3.8, 4) is 0 Å². The number of rotatable bonds is 3. The average molecular weight is 219 g/mol. The molecule has 1 fully saturated rings. The second-order valence-corrected chi connectivity index (χ2v) is 7.06. The highest BCUT2D eigenvalue weighted by Gasteiger charge is 2.31.